The first kappa shape index (κ1) is 15.9. The van der Waals surface area contributed by atoms with E-state index in [1.807, 2.05) is 0 Å². The largest absolute Gasteiger partial charge is 0.351 e. The van der Waals surface area contributed by atoms with E-state index in [0.717, 1.165) is 6.54 Å². The number of amides is 1. The highest BCUT2D eigenvalue weighted by molar-refractivity contribution is 6.04. The van der Waals surface area contributed by atoms with Gasteiger partial charge in [0.05, 0.1) is 17.4 Å². The molecule has 3 rings (SSSR count). The molecule has 0 unspecified atom stereocenters. The van der Waals surface area contributed by atoms with Crippen LogP contribution >= 0.6 is 0 Å². The van der Waals surface area contributed by atoms with Gasteiger partial charge in [0.1, 0.15) is 11.3 Å². The van der Waals surface area contributed by atoms with Gasteiger partial charge in [-0.1, -0.05) is 25.7 Å². The minimum atomic E-state index is -0.441. The smallest absolute Gasteiger partial charge is 0.253 e. The number of hydrogen-bond donors (Lipinski definition) is 3. The molecule has 0 aliphatic heterocycles. The van der Waals surface area contributed by atoms with Gasteiger partial charge >= 0.3 is 0 Å². The Morgan fingerprint density at radius 3 is 2.78 bits per heavy atom. The molecule has 1 aromatic heterocycles. The predicted octanol–water partition coefficient (Wildman–Crippen LogP) is 2.74. The molecule has 1 heterocycles. The van der Waals surface area contributed by atoms with Crippen molar-refractivity contribution in [2.45, 2.75) is 44.6 Å². The summed E-state index contributed by atoms with van der Waals surface area (Å²) >= 11 is 0. The Hall–Kier alpha value is -1.95. The van der Waals surface area contributed by atoms with Crippen LogP contribution < -0.4 is 10.6 Å². The average Bonchev–Trinajstić information content (AvgIpc) is 2.85. The van der Waals surface area contributed by atoms with E-state index in [-0.39, 0.29) is 11.5 Å². The molecule has 1 fully saturated rings. The monoisotopic (exact) mass is 318 g/mol. The van der Waals surface area contributed by atoms with E-state index in [4.69, 9.17) is 0 Å². The summed E-state index contributed by atoms with van der Waals surface area (Å²) in [5.41, 5.74) is 1.31. The van der Waals surface area contributed by atoms with Crippen LogP contribution in [-0.2, 0) is 0 Å². The molecule has 124 valence electrons. The van der Waals surface area contributed by atoms with Gasteiger partial charge in [-0.2, -0.15) is 0 Å². The molecule has 1 aliphatic rings. The third kappa shape index (κ3) is 4.07. The van der Waals surface area contributed by atoms with Crippen LogP contribution in [0.25, 0.3) is 11.0 Å². The number of carbonyl (C=O) groups is 1. The van der Waals surface area contributed by atoms with Crippen molar-refractivity contribution in [1.82, 2.24) is 20.6 Å². The predicted molar refractivity (Wildman–Crippen MR) is 87.9 cm³/mol. The molecular weight excluding hydrogens is 295 g/mol. The van der Waals surface area contributed by atoms with E-state index < -0.39 is 5.82 Å². The number of carbonyl (C=O) groups excluding carboxylic acids is 1. The highest BCUT2D eigenvalue weighted by Crippen LogP contribution is 2.18. The molecule has 1 aliphatic carbocycles. The topological polar surface area (TPSA) is 69.8 Å². The van der Waals surface area contributed by atoms with Gasteiger partial charge in [-0.15, -0.1) is 0 Å². The summed E-state index contributed by atoms with van der Waals surface area (Å²) in [5, 5.41) is 6.34. The van der Waals surface area contributed by atoms with Crippen molar-refractivity contribution < 1.29 is 9.18 Å². The Bertz CT molecular complexity index is 662. The molecule has 3 N–H and O–H groups in total. The molecule has 5 nitrogen and oxygen atoms in total. The third-order valence-corrected chi connectivity index (χ3v) is 4.43. The van der Waals surface area contributed by atoms with Crippen LogP contribution in [0.4, 0.5) is 4.39 Å². The zero-order valence-corrected chi connectivity index (χ0v) is 13.2. The lowest BCUT2D eigenvalue weighted by atomic mass is 10.1. The summed E-state index contributed by atoms with van der Waals surface area (Å²) in [4.78, 5) is 19.2. The van der Waals surface area contributed by atoms with Gasteiger partial charge in [-0.25, -0.2) is 9.37 Å². The first-order valence-corrected chi connectivity index (χ1v) is 8.38. The van der Waals surface area contributed by atoms with E-state index in [0.29, 0.717) is 23.6 Å². The number of aromatic amines is 1. The van der Waals surface area contributed by atoms with E-state index in [1.165, 1.54) is 57.0 Å². The van der Waals surface area contributed by atoms with Gasteiger partial charge in [0.15, 0.2) is 0 Å². The zero-order chi connectivity index (χ0) is 16.1. The maximum atomic E-state index is 13.6. The van der Waals surface area contributed by atoms with E-state index in [2.05, 4.69) is 20.6 Å². The standard InChI is InChI=1S/C17H23FN4O/c18-12-9-14(16-15(10-12)21-11-22-16)17(23)20-8-7-19-13-5-3-1-2-4-6-13/h9-11,13,19H,1-8H2,(H,20,23)(H,21,22). The molecule has 0 saturated heterocycles. The highest BCUT2D eigenvalue weighted by atomic mass is 19.1. The van der Waals surface area contributed by atoms with Crippen LogP contribution in [-0.4, -0.2) is 35.0 Å². The molecule has 0 atom stereocenters. The lowest BCUT2D eigenvalue weighted by Crippen LogP contribution is -2.37. The summed E-state index contributed by atoms with van der Waals surface area (Å²) in [6.07, 6.45) is 9.11. The van der Waals surface area contributed by atoms with Gasteiger partial charge in [-0.05, 0) is 25.0 Å². The van der Waals surface area contributed by atoms with Crippen molar-refractivity contribution in [2.75, 3.05) is 13.1 Å². The number of imidazole rings is 1. The van der Waals surface area contributed by atoms with Crippen molar-refractivity contribution in [3.05, 3.63) is 29.8 Å². The van der Waals surface area contributed by atoms with Crippen molar-refractivity contribution in [3.63, 3.8) is 0 Å². The van der Waals surface area contributed by atoms with Crippen LogP contribution in [0.3, 0.4) is 0 Å². The van der Waals surface area contributed by atoms with Gasteiger partial charge in [0.2, 0.25) is 0 Å². The minimum absolute atomic E-state index is 0.274. The summed E-state index contributed by atoms with van der Waals surface area (Å²) < 4.78 is 13.6. The van der Waals surface area contributed by atoms with Crippen LogP contribution in [0.5, 0.6) is 0 Å². The number of nitrogens with one attached hydrogen (secondary N) is 3. The SMILES string of the molecule is O=C(NCCNC1CCCCCC1)c1cc(F)cc2[nH]cnc12. The van der Waals surface area contributed by atoms with E-state index in [9.17, 15) is 9.18 Å². The van der Waals surface area contributed by atoms with Gasteiger partial charge < -0.3 is 15.6 Å². The Morgan fingerprint density at radius 2 is 2.00 bits per heavy atom. The molecule has 0 spiro atoms. The van der Waals surface area contributed by atoms with Crippen LogP contribution in [0.2, 0.25) is 0 Å². The summed E-state index contributed by atoms with van der Waals surface area (Å²) in [6, 6.07) is 3.13. The fourth-order valence-electron chi connectivity index (χ4n) is 3.22. The Morgan fingerprint density at radius 1 is 1.22 bits per heavy atom. The van der Waals surface area contributed by atoms with Crippen LogP contribution in [0.15, 0.2) is 18.5 Å². The third-order valence-electron chi connectivity index (χ3n) is 4.43. The summed E-state index contributed by atoms with van der Waals surface area (Å²) in [7, 11) is 0. The first-order valence-electron chi connectivity index (χ1n) is 8.38. The normalized spacial score (nSPS) is 16.4. The molecule has 23 heavy (non-hydrogen) atoms. The van der Waals surface area contributed by atoms with Crippen molar-refractivity contribution in [1.29, 1.82) is 0 Å². The molecule has 1 saturated carbocycles. The van der Waals surface area contributed by atoms with Crippen LogP contribution in [0.1, 0.15) is 48.9 Å². The number of halogens is 1. The summed E-state index contributed by atoms with van der Waals surface area (Å²) in [5.74, 6) is -0.729. The maximum absolute atomic E-state index is 13.6. The number of rotatable bonds is 5. The number of aromatic nitrogens is 2. The lowest BCUT2D eigenvalue weighted by molar-refractivity contribution is 0.0954. The number of hydrogen-bond acceptors (Lipinski definition) is 3. The van der Waals surface area contributed by atoms with Crippen molar-refractivity contribution in [2.24, 2.45) is 0 Å². The molecular formula is C17H23FN4O. The quantitative estimate of drug-likeness (QED) is 0.586. The minimum Gasteiger partial charge on any atom is -0.351 e. The molecule has 2 aromatic rings. The highest BCUT2D eigenvalue weighted by Gasteiger charge is 2.14. The number of H-pyrrole nitrogens is 1. The molecule has 6 heteroatoms. The number of nitrogens with zero attached hydrogens (tertiary/aromatic N) is 1. The maximum Gasteiger partial charge on any atom is 0.253 e. The van der Waals surface area contributed by atoms with Crippen LogP contribution in [0, 0.1) is 5.82 Å². The van der Waals surface area contributed by atoms with Gasteiger partial charge in [-0.3, -0.25) is 4.79 Å². The number of fused-ring (bicyclic) bond motifs is 1. The second-order valence-corrected chi connectivity index (χ2v) is 6.15. The van der Waals surface area contributed by atoms with E-state index in [1.54, 1.807) is 0 Å². The van der Waals surface area contributed by atoms with Crippen molar-refractivity contribution >= 4 is 16.9 Å². The molecule has 1 amide bonds. The Kier molecular flexibility index (Phi) is 5.23. The molecule has 0 radical (unpaired) electrons. The molecule has 0 bridgehead atoms. The Balaban J connectivity index is 1.51. The second kappa shape index (κ2) is 7.55. The number of benzene rings is 1. The van der Waals surface area contributed by atoms with Gasteiger partial charge in [0, 0.05) is 19.1 Å². The van der Waals surface area contributed by atoms with Gasteiger partial charge in [0.25, 0.3) is 5.91 Å². The van der Waals surface area contributed by atoms with Crippen molar-refractivity contribution in [3.8, 4) is 0 Å². The lowest BCUT2D eigenvalue weighted by Gasteiger charge is -2.16. The fourth-order valence-corrected chi connectivity index (χ4v) is 3.22. The summed E-state index contributed by atoms with van der Waals surface area (Å²) in [6.45, 7) is 1.26. The zero-order valence-electron chi connectivity index (χ0n) is 13.2. The fraction of sp³-hybridized carbons (Fsp3) is 0.529. The molecule has 1 aromatic carbocycles. The average molecular weight is 318 g/mol. The second-order valence-electron chi connectivity index (χ2n) is 6.15. The van der Waals surface area contributed by atoms with E-state index >= 15 is 0 Å². The first-order chi connectivity index (χ1) is 11.2. The Labute approximate surface area is 135 Å².